The second-order valence-corrected chi connectivity index (χ2v) is 6.59. The summed E-state index contributed by atoms with van der Waals surface area (Å²) in [5, 5.41) is 11.3. The van der Waals surface area contributed by atoms with Crippen molar-refractivity contribution in [2.75, 3.05) is 18.2 Å². The molecule has 1 saturated carbocycles. The molecular formula is C13H19F3N2O3S. The number of carbonyl (C=O) groups excluding carboxylic acids is 2. The van der Waals surface area contributed by atoms with Crippen molar-refractivity contribution in [2.45, 2.75) is 44.0 Å². The number of nitrogens with zero attached hydrogens (tertiary/aromatic N) is 1. The Bertz CT molecular complexity index is 429. The van der Waals surface area contributed by atoms with Crippen molar-refractivity contribution < 1.29 is 27.9 Å². The molecule has 0 aromatic rings. The number of carbonyl (C=O) groups is 2. The van der Waals surface area contributed by atoms with Crippen molar-refractivity contribution in [2.24, 2.45) is 5.92 Å². The average molecular weight is 340 g/mol. The van der Waals surface area contributed by atoms with Crippen LogP contribution in [0.5, 0.6) is 0 Å². The lowest BCUT2D eigenvalue weighted by atomic mass is 9.84. The summed E-state index contributed by atoms with van der Waals surface area (Å²) in [6, 6.07) is -0.624. The Morgan fingerprint density at radius 1 is 1.36 bits per heavy atom. The Morgan fingerprint density at radius 3 is 2.59 bits per heavy atom. The van der Waals surface area contributed by atoms with Crippen molar-refractivity contribution in [1.29, 1.82) is 0 Å². The highest BCUT2D eigenvalue weighted by atomic mass is 32.2. The van der Waals surface area contributed by atoms with E-state index in [0.717, 1.165) is 19.3 Å². The van der Waals surface area contributed by atoms with Gasteiger partial charge in [0.2, 0.25) is 11.8 Å². The predicted molar refractivity (Wildman–Crippen MR) is 75.0 cm³/mol. The van der Waals surface area contributed by atoms with Gasteiger partial charge in [-0.3, -0.25) is 9.59 Å². The lowest BCUT2D eigenvalue weighted by Gasteiger charge is -2.31. The molecule has 1 aliphatic carbocycles. The molecule has 5 nitrogen and oxygen atoms in total. The number of amides is 2. The fraction of sp³-hybridized carbons (Fsp3) is 0.846. The summed E-state index contributed by atoms with van der Waals surface area (Å²) in [4.78, 5) is 25.8. The minimum absolute atomic E-state index is 0.0129. The van der Waals surface area contributed by atoms with E-state index in [1.807, 2.05) is 0 Å². The standard InChI is InChI=1S/C13H19F3N2O3S/c14-13(15,16)10(19)4-5-17-11(20)9-6-22-7-18(9)12(21)8-2-1-3-8/h8-10,19H,1-7H2,(H,17,20)/t9-,10-/m1/s1. The molecule has 1 aliphatic heterocycles. The van der Waals surface area contributed by atoms with Gasteiger partial charge < -0.3 is 15.3 Å². The van der Waals surface area contributed by atoms with Gasteiger partial charge in [0.1, 0.15) is 6.04 Å². The molecule has 2 fully saturated rings. The van der Waals surface area contributed by atoms with Gasteiger partial charge >= 0.3 is 6.18 Å². The van der Waals surface area contributed by atoms with E-state index in [4.69, 9.17) is 5.11 Å². The number of thioether (sulfide) groups is 1. The van der Waals surface area contributed by atoms with Gasteiger partial charge in [0.15, 0.2) is 6.10 Å². The van der Waals surface area contributed by atoms with E-state index < -0.39 is 30.7 Å². The second kappa shape index (κ2) is 7.08. The highest BCUT2D eigenvalue weighted by molar-refractivity contribution is 7.99. The molecule has 22 heavy (non-hydrogen) atoms. The average Bonchev–Trinajstić information content (AvgIpc) is 2.84. The number of halogens is 3. The second-order valence-electron chi connectivity index (χ2n) is 5.59. The first kappa shape index (κ1) is 17.4. The van der Waals surface area contributed by atoms with E-state index in [1.165, 1.54) is 16.7 Å². The molecule has 2 rings (SSSR count). The zero-order valence-electron chi connectivity index (χ0n) is 11.9. The molecule has 9 heteroatoms. The minimum Gasteiger partial charge on any atom is -0.384 e. The molecule has 0 unspecified atom stereocenters. The monoisotopic (exact) mass is 340 g/mol. The van der Waals surface area contributed by atoms with Gasteiger partial charge in [0, 0.05) is 18.2 Å². The van der Waals surface area contributed by atoms with Gasteiger partial charge in [-0.05, 0) is 19.3 Å². The maximum absolute atomic E-state index is 12.2. The van der Waals surface area contributed by atoms with Crippen LogP contribution in [0.2, 0.25) is 0 Å². The van der Waals surface area contributed by atoms with Crippen LogP contribution in [0.3, 0.4) is 0 Å². The van der Waals surface area contributed by atoms with E-state index >= 15 is 0 Å². The van der Waals surface area contributed by atoms with Gasteiger partial charge in [-0.25, -0.2) is 0 Å². The molecule has 0 aromatic heterocycles. The van der Waals surface area contributed by atoms with Crippen LogP contribution in [0.4, 0.5) is 13.2 Å². The molecule has 1 saturated heterocycles. The van der Waals surface area contributed by atoms with E-state index in [2.05, 4.69) is 5.32 Å². The summed E-state index contributed by atoms with van der Waals surface area (Å²) in [6.45, 7) is -0.272. The Labute approximate surface area is 130 Å². The third-order valence-electron chi connectivity index (χ3n) is 4.02. The van der Waals surface area contributed by atoms with Crippen molar-refractivity contribution in [3.63, 3.8) is 0 Å². The smallest absolute Gasteiger partial charge is 0.384 e. The summed E-state index contributed by atoms with van der Waals surface area (Å²) in [6.07, 6.45) is -5.02. The molecule has 2 atom stereocenters. The SMILES string of the molecule is O=C(NCC[C@@H](O)C(F)(F)F)[C@H]1CSCN1C(=O)C1CCC1. The van der Waals surface area contributed by atoms with Gasteiger partial charge in [0.05, 0.1) is 5.88 Å². The largest absolute Gasteiger partial charge is 0.414 e. The van der Waals surface area contributed by atoms with E-state index in [-0.39, 0.29) is 18.4 Å². The Balaban J connectivity index is 1.79. The lowest BCUT2D eigenvalue weighted by Crippen LogP contribution is -2.50. The normalized spacial score (nSPS) is 24.0. The zero-order chi connectivity index (χ0) is 16.3. The summed E-state index contributed by atoms with van der Waals surface area (Å²) < 4.78 is 36.5. The van der Waals surface area contributed by atoms with Crippen molar-refractivity contribution in [3.8, 4) is 0 Å². The van der Waals surface area contributed by atoms with Crippen molar-refractivity contribution in [3.05, 3.63) is 0 Å². The van der Waals surface area contributed by atoms with Gasteiger partial charge in [-0.2, -0.15) is 13.2 Å². The zero-order valence-corrected chi connectivity index (χ0v) is 12.8. The van der Waals surface area contributed by atoms with Crippen molar-refractivity contribution >= 4 is 23.6 Å². The first-order valence-corrected chi connectivity index (χ1v) is 8.37. The van der Waals surface area contributed by atoms with Crippen molar-refractivity contribution in [1.82, 2.24) is 10.2 Å². The molecule has 0 aromatic carbocycles. The van der Waals surface area contributed by atoms with Crippen LogP contribution in [0.25, 0.3) is 0 Å². The van der Waals surface area contributed by atoms with Crippen LogP contribution in [0.1, 0.15) is 25.7 Å². The van der Waals surface area contributed by atoms with Crippen LogP contribution in [0, 0.1) is 5.92 Å². The quantitative estimate of drug-likeness (QED) is 0.787. The number of nitrogens with one attached hydrogen (secondary N) is 1. The van der Waals surface area contributed by atoms with Gasteiger partial charge in [-0.1, -0.05) is 6.42 Å². The number of hydrogen-bond acceptors (Lipinski definition) is 4. The van der Waals surface area contributed by atoms with Gasteiger partial charge in [0.25, 0.3) is 0 Å². The molecule has 1 heterocycles. The number of hydrogen-bond donors (Lipinski definition) is 2. The molecular weight excluding hydrogens is 321 g/mol. The molecule has 2 aliphatic rings. The predicted octanol–water partition coefficient (Wildman–Crippen LogP) is 1.12. The molecule has 126 valence electrons. The molecule has 0 bridgehead atoms. The van der Waals surface area contributed by atoms with E-state index in [9.17, 15) is 22.8 Å². The van der Waals surface area contributed by atoms with Crippen LogP contribution in [-0.4, -0.2) is 58.3 Å². The summed E-state index contributed by atoms with van der Waals surface area (Å²) >= 11 is 1.46. The van der Waals surface area contributed by atoms with Crippen LogP contribution in [0.15, 0.2) is 0 Å². The molecule has 0 radical (unpaired) electrons. The van der Waals surface area contributed by atoms with Crippen LogP contribution < -0.4 is 5.32 Å². The Kier molecular flexibility index (Phi) is 5.60. The summed E-state index contributed by atoms with van der Waals surface area (Å²) in [5.74, 6) is 0.393. The molecule has 0 spiro atoms. The van der Waals surface area contributed by atoms with E-state index in [1.54, 1.807) is 0 Å². The third-order valence-corrected chi connectivity index (χ3v) is 5.03. The van der Waals surface area contributed by atoms with E-state index in [0.29, 0.717) is 11.6 Å². The summed E-state index contributed by atoms with van der Waals surface area (Å²) in [5.41, 5.74) is 0. The fourth-order valence-corrected chi connectivity index (χ4v) is 3.54. The molecule has 2 N–H and O–H groups in total. The highest BCUT2D eigenvalue weighted by Crippen LogP contribution is 2.32. The van der Waals surface area contributed by atoms with Gasteiger partial charge in [-0.15, -0.1) is 11.8 Å². The number of aliphatic hydroxyl groups excluding tert-OH is 1. The maximum Gasteiger partial charge on any atom is 0.414 e. The van der Waals surface area contributed by atoms with Crippen LogP contribution in [-0.2, 0) is 9.59 Å². The topological polar surface area (TPSA) is 69.6 Å². The number of rotatable bonds is 5. The Hall–Kier alpha value is -0.960. The fourth-order valence-electron chi connectivity index (χ4n) is 2.38. The number of aliphatic hydroxyl groups is 1. The molecule has 2 amide bonds. The Morgan fingerprint density at radius 2 is 2.05 bits per heavy atom. The lowest BCUT2D eigenvalue weighted by molar-refractivity contribution is -0.205. The third kappa shape index (κ3) is 4.07. The first-order valence-electron chi connectivity index (χ1n) is 7.21. The minimum atomic E-state index is -4.68. The highest BCUT2D eigenvalue weighted by Gasteiger charge is 2.40. The van der Waals surface area contributed by atoms with Crippen LogP contribution >= 0.6 is 11.8 Å². The first-order chi connectivity index (χ1) is 10.3. The maximum atomic E-state index is 12.2. The number of alkyl halides is 3. The summed E-state index contributed by atoms with van der Waals surface area (Å²) in [7, 11) is 0.